The number of fused-ring (bicyclic) bond motifs is 5. The maximum Gasteiger partial charge on any atom is 0.309 e. The van der Waals surface area contributed by atoms with Crippen molar-refractivity contribution in [3.63, 3.8) is 0 Å². The van der Waals surface area contributed by atoms with E-state index >= 15 is 0 Å². The van der Waals surface area contributed by atoms with Gasteiger partial charge in [0.05, 0.1) is 5.92 Å². The zero-order valence-electron chi connectivity index (χ0n) is 23.5. The Kier molecular flexibility index (Phi) is 6.93. The van der Waals surface area contributed by atoms with Gasteiger partial charge in [-0.3, -0.25) is 14.6 Å². The van der Waals surface area contributed by atoms with Gasteiger partial charge in [-0.05, 0) is 105 Å². The molecule has 0 saturated heterocycles. The highest BCUT2D eigenvalue weighted by molar-refractivity contribution is 5.74. The van der Waals surface area contributed by atoms with Crippen LogP contribution in [0.15, 0.2) is 36.0 Å². The van der Waals surface area contributed by atoms with Crippen molar-refractivity contribution in [2.75, 3.05) is 0 Å². The van der Waals surface area contributed by atoms with Crippen LogP contribution in [0.2, 0.25) is 0 Å². The van der Waals surface area contributed by atoms with E-state index in [0.29, 0.717) is 17.8 Å². The van der Waals surface area contributed by atoms with Crippen molar-refractivity contribution in [1.29, 1.82) is 0 Å². The van der Waals surface area contributed by atoms with E-state index in [-0.39, 0.29) is 46.8 Å². The van der Waals surface area contributed by atoms with Crippen LogP contribution < -0.4 is 0 Å². The van der Waals surface area contributed by atoms with Crippen LogP contribution in [0.4, 0.5) is 0 Å². The predicted octanol–water partition coefficient (Wildman–Crippen LogP) is 7.16. The van der Waals surface area contributed by atoms with Gasteiger partial charge in [-0.25, -0.2) is 0 Å². The SMILES string of the molecule is CC(=O)O[C@H]1CC[C@@]2(C)C(=CC[C@H]3[C@@H]4CC[C@H](C(=O)O[C@@H]5CCCC[C@H]5c5ccccn5)[C@@]4(C)CC[C@@H]32)C1. The van der Waals surface area contributed by atoms with Gasteiger partial charge < -0.3 is 9.47 Å². The zero-order valence-corrected chi connectivity index (χ0v) is 23.5. The molecule has 0 N–H and O–H groups in total. The molecule has 1 aromatic heterocycles. The lowest BCUT2D eigenvalue weighted by Gasteiger charge is -2.58. The van der Waals surface area contributed by atoms with Gasteiger partial charge in [0.2, 0.25) is 0 Å². The van der Waals surface area contributed by atoms with Crippen LogP contribution in [0.3, 0.4) is 0 Å². The van der Waals surface area contributed by atoms with E-state index in [4.69, 9.17) is 9.47 Å². The Morgan fingerprint density at radius 3 is 2.58 bits per heavy atom. The fourth-order valence-electron chi connectivity index (χ4n) is 9.75. The minimum atomic E-state index is -0.162. The third-order valence-corrected chi connectivity index (χ3v) is 11.7. The number of esters is 2. The van der Waals surface area contributed by atoms with Gasteiger partial charge in [0, 0.05) is 31.2 Å². The molecule has 5 heteroatoms. The average molecular weight is 520 g/mol. The Morgan fingerprint density at radius 2 is 1.79 bits per heavy atom. The largest absolute Gasteiger partial charge is 0.462 e. The molecule has 9 atom stereocenters. The first kappa shape index (κ1) is 26.1. The number of hydrogen-bond donors (Lipinski definition) is 0. The molecule has 4 saturated carbocycles. The van der Waals surface area contributed by atoms with E-state index in [1.54, 1.807) is 0 Å². The Bertz CT molecular complexity index is 1080. The molecule has 0 aromatic carbocycles. The van der Waals surface area contributed by atoms with Gasteiger partial charge in [-0.2, -0.15) is 0 Å². The molecule has 5 nitrogen and oxygen atoms in total. The highest BCUT2D eigenvalue weighted by Crippen LogP contribution is 2.66. The standard InChI is InChI=1S/C33H45NO4/c1-21(35)37-23-15-17-32(2)22(20-23)11-12-24-26-13-14-28(33(26,3)18-16-27(24)32)31(36)38-30-10-5-4-8-25(30)29-9-6-7-19-34-29/h6-7,9,11,19,23-28,30H,4-5,8,10,12-18,20H2,1-3H3/t23-,24-,25-,26-,27-,28+,30+,32-,33-/m0/s1. The van der Waals surface area contributed by atoms with Gasteiger partial charge in [0.25, 0.3) is 0 Å². The molecule has 5 aliphatic carbocycles. The molecule has 6 rings (SSSR count). The number of ether oxygens (including phenoxy) is 2. The van der Waals surface area contributed by atoms with Gasteiger partial charge in [0.1, 0.15) is 12.2 Å². The van der Waals surface area contributed by atoms with Gasteiger partial charge in [0.15, 0.2) is 0 Å². The Labute approximate surface area is 228 Å². The summed E-state index contributed by atoms with van der Waals surface area (Å²) in [7, 11) is 0. The lowest BCUT2D eigenvalue weighted by molar-refractivity contribution is -0.164. The van der Waals surface area contributed by atoms with Gasteiger partial charge in [-0.15, -0.1) is 0 Å². The molecule has 0 aliphatic heterocycles. The summed E-state index contributed by atoms with van der Waals surface area (Å²) in [6, 6.07) is 6.10. The molecule has 4 fully saturated rings. The third kappa shape index (κ3) is 4.42. The molecule has 0 amide bonds. The minimum absolute atomic E-state index is 0.0117. The van der Waals surface area contributed by atoms with E-state index in [9.17, 15) is 9.59 Å². The van der Waals surface area contributed by atoms with Crippen molar-refractivity contribution in [1.82, 2.24) is 4.98 Å². The second-order valence-electron chi connectivity index (χ2n) is 13.5. The monoisotopic (exact) mass is 519 g/mol. The number of hydrogen-bond acceptors (Lipinski definition) is 5. The second kappa shape index (κ2) is 10.1. The van der Waals surface area contributed by atoms with Crippen LogP contribution in [-0.4, -0.2) is 29.1 Å². The lowest BCUT2D eigenvalue weighted by atomic mass is 9.47. The van der Waals surface area contributed by atoms with Crippen LogP contribution in [0.5, 0.6) is 0 Å². The number of nitrogens with zero attached hydrogens (tertiary/aromatic N) is 1. The summed E-state index contributed by atoms with van der Waals surface area (Å²) >= 11 is 0. The fourth-order valence-corrected chi connectivity index (χ4v) is 9.75. The van der Waals surface area contributed by atoms with E-state index < -0.39 is 0 Å². The van der Waals surface area contributed by atoms with Crippen LogP contribution in [0, 0.1) is 34.5 Å². The van der Waals surface area contributed by atoms with E-state index in [0.717, 1.165) is 69.9 Å². The lowest BCUT2D eigenvalue weighted by Crippen LogP contribution is -2.51. The Balaban J connectivity index is 1.17. The highest BCUT2D eigenvalue weighted by atomic mass is 16.5. The molecule has 5 aliphatic rings. The first-order chi connectivity index (χ1) is 18.3. The van der Waals surface area contributed by atoms with Crippen molar-refractivity contribution in [3.05, 3.63) is 41.7 Å². The summed E-state index contributed by atoms with van der Waals surface area (Å²) in [5, 5.41) is 0. The fraction of sp³-hybridized carbons (Fsp3) is 0.727. The quantitative estimate of drug-likeness (QED) is 0.312. The van der Waals surface area contributed by atoms with Crippen LogP contribution in [-0.2, 0) is 19.1 Å². The third-order valence-electron chi connectivity index (χ3n) is 11.7. The smallest absolute Gasteiger partial charge is 0.309 e. The number of carbonyl (C=O) groups excluding carboxylic acids is 2. The summed E-state index contributed by atoms with van der Waals surface area (Å²) in [6.07, 6.45) is 17.1. The van der Waals surface area contributed by atoms with Crippen LogP contribution in [0.25, 0.3) is 0 Å². The Hall–Kier alpha value is -2.17. The Morgan fingerprint density at radius 1 is 0.947 bits per heavy atom. The number of aromatic nitrogens is 1. The molecule has 1 aromatic rings. The topological polar surface area (TPSA) is 65.5 Å². The van der Waals surface area contributed by atoms with Gasteiger partial charge in [-0.1, -0.05) is 38.0 Å². The van der Waals surface area contributed by atoms with Crippen molar-refractivity contribution >= 4 is 11.9 Å². The molecule has 206 valence electrons. The molecule has 38 heavy (non-hydrogen) atoms. The summed E-state index contributed by atoms with van der Waals surface area (Å²) in [5.74, 6) is 2.02. The molecule has 1 heterocycles. The second-order valence-corrected chi connectivity index (χ2v) is 13.5. The van der Waals surface area contributed by atoms with Crippen molar-refractivity contribution < 1.29 is 19.1 Å². The highest BCUT2D eigenvalue weighted by Gasteiger charge is 2.60. The van der Waals surface area contributed by atoms with Crippen molar-refractivity contribution in [3.8, 4) is 0 Å². The minimum Gasteiger partial charge on any atom is -0.462 e. The normalized spacial score (nSPS) is 42.2. The predicted molar refractivity (Wildman–Crippen MR) is 146 cm³/mol. The first-order valence-electron chi connectivity index (χ1n) is 15.3. The molecule has 0 bridgehead atoms. The first-order valence-corrected chi connectivity index (χ1v) is 15.3. The molecule has 0 radical (unpaired) electrons. The molecule has 0 spiro atoms. The number of carbonyl (C=O) groups is 2. The summed E-state index contributed by atoms with van der Waals surface area (Å²) < 4.78 is 12.0. The van der Waals surface area contributed by atoms with E-state index in [1.807, 2.05) is 18.3 Å². The van der Waals surface area contributed by atoms with E-state index in [2.05, 4.69) is 31.0 Å². The average Bonchev–Trinajstić information content (AvgIpc) is 3.27. The molecular formula is C33H45NO4. The van der Waals surface area contributed by atoms with E-state index in [1.165, 1.54) is 25.3 Å². The summed E-state index contributed by atoms with van der Waals surface area (Å²) in [6.45, 7) is 6.41. The number of pyridine rings is 1. The van der Waals surface area contributed by atoms with Crippen LogP contribution >= 0.6 is 0 Å². The maximum atomic E-state index is 13.8. The zero-order chi connectivity index (χ0) is 26.5. The summed E-state index contributed by atoms with van der Waals surface area (Å²) in [4.78, 5) is 30.0. The van der Waals surface area contributed by atoms with Crippen molar-refractivity contribution in [2.24, 2.45) is 34.5 Å². The van der Waals surface area contributed by atoms with Crippen molar-refractivity contribution in [2.45, 2.75) is 116 Å². The van der Waals surface area contributed by atoms with Crippen LogP contribution in [0.1, 0.15) is 109 Å². The number of allylic oxidation sites excluding steroid dienone is 1. The number of rotatable bonds is 4. The summed E-state index contributed by atoms with van der Waals surface area (Å²) in [5.41, 5.74) is 2.83. The molecular weight excluding hydrogens is 474 g/mol. The van der Waals surface area contributed by atoms with Gasteiger partial charge >= 0.3 is 11.9 Å². The molecule has 0 unspecified atom stereocenters. The maximum absolute atomic E-state index is 13.8.